The Bertz CT molecular complexity index is 57.8. The van der Waals surface area contributed by atoms with E-state index in [9.17, 15) is 0 Å². The summed E-state index contributed by atoms with van der Waals surface area (Å²) >= 11 is 0. The second-order valence-corrected chi connectivity index (χ2v) is 1.54. The maximum absolute atomic E-state index is 8.88. The summed E-state index contributed by atoms with van der Waals surface area (Å²) in [4.78, 5) is 21.6. The van der Waals surface area contributed by atoms with Gasteiger partial charge < -0.3 is 14.7 Å². The van der Waals surface area contributed by atoms with Crippen LogP contribution in [0.4, 0.5) is 0 Å². The van der Waals surface area contributed by atoms with Gasteiger partial charge in [-0.1, -0.05) is 0 Å². The molecular formula is H8AlMgO4P. The molecule has 0 atom stereocenters. The van der Waals surface area contributed by atoms with Crippen molar-refractivity contribution in [3.05, 3.63) is 0 Å². The Morgan fingerprint density at radius 1 is 1.14 bits per heavy atom. The number of hydrogen-bond acceptors (Lipinski definition) is 1. The number of rotatable bonds is 0. The number of hydrogen-bond donors (Lipinski definition) is 3. The molecule has 0 fully saturated rings. The first-order valence-corrected chi connectivity index (χ1v) is 2.35. The topological polar surface area (TPSA) is 77.8 Å². The Hall–Kier alpha value is 1.41. The van der Waals surface area contributed by atoms with Gasteiger partial charge >= 0.3 is 30.9 Å². The van der Waals surface area contributed by atoms with E-state index < -0.39 is 7.82 Å². The third kappa shape index (κ3) is 109. The molecule has 0 aromatic carbocycles. The molecule has 0 aromatic heterocycles. The van der Waals surface area contributed by atoms with Gasteiger partial charge in [-0.3, -0.25) is 0 Å². The number of phosphoric acid groups is 1. The minimum Gasteiger partial charge on any atom is -0.303 e. The zero-order valence-electron chi connectivity index (χ0n) is 2.20. The minimum absolute atomic E-state index is 0. The molecule has 0 aliphatic carbocycles. The summed E-state index contributed by atoms with van der Waals surface area (Å²) in [6.45, 7) is 0. The van der Waals surface area contributed by atoms with E-state index in [1.807, 2.05) is 0 Å². The van der Waals surface area contributed by atoms with Crippen LogP contribution in [0.5, 0.6) is 0 Å². The van der Waals surface area contributed by atoms with E-state index >= 15 is 0 Å². The molecule has 0 spiro atoms. The van der Waals surface area contributed by atoms with Crippen molar-refractivity contribution in [1.29, 1.82) is 0 Å². The Kier molecular flexibility index (Phi) is 12.5. The quantitative estimate of drug-likeness (QED) is 0.256. The van der Waals surface area contributed by atoms with Gasteiger partial charge in [-0.15, -0.1) is 0 Å². The van der Waals surface area contributed by atoms with E-state index in [-0.39, 0.29) is 40.4 Å². The van der Waals surface area contributed by atoms with Crippen LogP contribution >= 0.6 is 7.82 Å². The normalized spacial score (nSPS) is 8.43. The Morgan fingerprint density at radius 2 is 1.14 bits per heavy atom. The van der Waals surface area contributed by atoms with Gasteiger partial charge in [-0.2, -0.15) is 0 Å². The molecule has 0 unspecified atom stereocenters. The van der Waals surface area contributed by atoms with Crippen molar-refractivity contribution in [2.75, 3.05) is 0 Å². The van der Waals surface area contributed by atoms with Crippen molar-refractivity contribution in [1.82, 2.24) is 0 Å². The first-order valence-electron chi connectivity index (χ1n) is 0.783. The predicted octanol–water partition coefficient (Wildman–Crippen LogP) is -3.03. The highest BCUT2D eigenvalue weighted by molar-refractivity contribution is 7.45. The smallest absolute Gasteiger partial charge is 0.303 e. The van der Waals surface area contributed by atoms with Crippen LogP contribution in [0.25, 0.3) is 0 Å². The molecule has 0 aliphatic rings. The van der Waals surface area contributed by atoms with Crippen LogP contribution in [0.1, 0.15) is 0 Å². The van der Waals surface area contributed by atoms with Gasteiger partial charge in [0.1, 0.15) is 0 Å². The molecule has 3 N–H and O–H groups in total. The van der Waals surface area contributed by atoms with Gasteiger partial charge in [0, 0.05) is 0 Å². The van der Waals surface area contributed by atoms with Crippen LogP contribution < -0.4 is 0 Å². The lowest BCUT2D eigenvalue weighted by Crippen LogP contribution is -1.66. The van der Waals surface area contributed by atoms with Crippen LogP contribution in [0, 0.1) is 0 Å². The molecule has 7 heteroatoms. The molecule has 4 nitrogen and oxygen atoms in total. The van der Waals surface area contributed by atoms with E-state index in [2.05, 4.69) is 0 Å². The summed E-state index contributed by atoms with van der Waals surface area (Å²) in [5, 5.41) is 0. The Balaban J connectivity index is -0.0000000800. The van der Waals surface area contributed by atoms with Crippen LogP contribution in [0.3, 0.4) is 0 Å². The fourth-order valence-electron chi connectivity index (χ4n) is 0. The van der Waals surface area contributed by atoms with Crippen molar-refractivity contribution < 1.29 is 19.2 Å². The fraction of sp³-hybridized carbons (Fsp3) is 0. The van der Waals surface area contributed by atoms with Crippen LogP contribution in [-0.2, 0) is 4.57 Å². The predicted molar refractivity (Wildman–Crippen MR) is 32.7 cm³/mol. The van der Waals surface area contributed by atoms with Crippen molar-refractivity contribution in [3.63, 3.8) is 0 Å². The van der Waals surface area contributed by atoms with Gasteiger partial charge in [0.2, 0.25) is 0 Å². The third-order valence-electron chi connectivity index (χ3n) is 0. The van der Waals surface area contributed by atoms with Crippen molar-refractivity contribution >= 4 is 48.2 Å². The molecule has 0 amide bonds. The molecular weight excluding hydrogens is 146 g/mol. The van der Waals surface area contributed by atoms with E-state index in [0.717, 1.165) is 0 Å². The SMILES string of the molecule is O=P(O)(O)O.[AlH3].[MgH2]. The molecule has 0 saturated carbocycles. The van der Waals surface area contributed by atoms with Crippen molar-refractivity contribution in [2.45, 2.75) is 0 Å². The highest BCUT2D eigenvalue weighted by atomic mass is 31.2. The largest absolute Gasteiger partial charge is 0.466 e. The second kappa shape index (κ2) is 5.54. The lowest BCUT2D eigenvalue weighted by molar-refractivity contribution is 0.275. The van der Waals surface area contributed by atoms with Crippen LogP contribution in [0.2, 0.25) is 0 Å². The Labute approximate surface area is 67.5 Å². The highest BCUT2D eigenvalue weighted by Gasteiger charge is 2.00. The molecule has 0 rings (SSSR count). The van der Waals surface area contributed by atoms with Crippen molar-refractivity contribution in [2.24, 2.45) is 0 Å². The summed E-state index contributed by atoms with van der Waals surface area (Å²) in [6.07, 6.45) is 0. The summed E-state index contributed by atoms with van der Waals surface area (Å²) in [5.41, 5.74) is 0. The molecule has 7 heavy (non-hydrogen) atoms. The molecule has 42 valence electrons. The Morgan fingerprint density at radius 3 is 1.14 bits per heavy atom. The zero-order chi connectivity index (χ0) is 4.50. The first kappa shape index (κ1) is 15.8. The van der Waals surface area contributed by atoms with Gasteiger partial charge in [0.05, 0.1) is 0 Å². The third-order valence-corrected chi connectivity index (χ3v) is 0. The van der Waals surface area contributed by atoms with E-state index in [0.29, 0.717) is 0 Å². The summed E-state index contributed by atoms with van der Waals surface area (Å²) < 4.78 is 8.88. The lowest BCUT2D eigenvalue weighted by Gasteiger charge is -1.82. The van der Waals surface area contributed by atoms with E-state index in [4.69, 9.17) is 19.2 Å². The summed E-state index contributed by atoms with van der Waals surface area (Å²) in [5.74, 6) is 0. The average Bonchev–Trinajstić information content (AvgIpc) is 0.722. The van der Waals surface area contributed by atoms with E-state index in [1.54, 1.807) is 0 Å². The minimum atomic E-state index is -4.64. The van der Waals surface area contributed by atoms with Crippen molar-refractivity contribution in [3.8, 4) is 0 Å². The lowest BCUT2D eigenvalue weighted by atomic mass is 15.8. The van der Waals surface area contributed by atoms with Crippen LogP contribution in [0.15, 0.2) is 0 Å². The molecule has 0 radical (unpaired) electrons. The average molecular weight is 154 g/mol. The van der Waals surface area contributed by atoms with Gasteiger partial charge in [0.25, 0.3) is 0 Å². The van der Waals surface area contributed by atoms with Gasteiger partial charge in [0.15, 0.2) is 17.4 Å². The summed E-state index contributed by atoms with van der Waals surface area (Å²) in [6, 6.07) is 0. The first-order chi connectivity index (χ1) is 2.00. The molecule has 0 aromatic rings. The van der Waals surface area contributed by atoms with Gasteiger partial charge in [-0.05, 0) is 0 Å². The molecule has 0 heterocycles. The zero-order valence-corrected chi connectivity index (χ0v) is 3.09. The monoisotopic (exact) mass is 154 g/mol. The molecule has 0 bridgehead atoms. The fourth-order valence-corrected chi connectivity index (χ4v) is 0. The summed E-state index contributed by atoms with van der Waals surface area (Å²) in [7, 11) is -4.64. The molecule has 0 aliphatic heterocycles. The standard InChI is InChI=1S/Al.Mg.H3O4P.5H/c;;1-5(2,3)4;;;;;/h;;(H3,1,2,3,4);;;;;. The maximum atomic E-state index is 8.88. The van der Waals surface area contributed by atoms with Crippen LogP contribution in [-0.4, -0.2) is 55.1 Å². The van der Waals surface area contributed by atoms with E-state index in [1.165, 1.54) is 0 Å². The molecule has 0 saturated heterocycles. The van der Waals surface area contributed by atoms with Gasteiger partial charge in [-0.25, -0.2) is 4.57 Å². The highest BCUT2D eigenvalue weighted by Crippen LogP contribution is 2.25. The second-order valence-electron chi connectivity index (χ2n) is 0.513. The maximum Gasteiger partial charge on any atom is 0.466 e.